The molecule has 1 aliphatic heterocycles. The predicted molar refractivity (Wildman–Crippen MR) is 96.2 cm³/mol. The van der Waals surface area contributed by atoms with Crippen molar-refractivity contribution in [2.24, 2.45) is 0 Å². The van der Waals surface area contributed by atoms with Crippen LogP contribution in [0, 0.1) is 3.57 Å². The van der Waals surface area contributed by atoms with Crippen molar-refractivity contribution in [3.8, 4) is 11.5 Å². The summed E-state index contributed by atoms with van der Waals surface area (Å²) in [5.41, 5.74) is 2.27. The molecule has 2 aromatic carbocycles. The van der Waals surface area contributed by atoms with Crippen molar-refractivity contribution < 1.29 is 9.47 Å². The predicted octanol–water partition coefficient (Wildman–Crippen LogP) is 4.83. The first-order chi connectivity index (χ1) is 10.2. The fourth-order valence-electron chi connectivity index (χ4n) is 2.19. The summed E-state index contributed by atoms with van der Waals surface area (Å²) in [7, 11) is 0. The molecule has 0 fully saturated rings. The number of benzene rings is 2. The van der Waals surface area contributed by atoms with Crippen LogP contribution < -0.4 is 14.8 Å². The van der Waals surface area contributed by atoms with E-state index in [1.807, 2.05) is 12.1 Å². The molecule has 21 heavy (non-hydrogen) atoms. The van der Waals surface area contributed by atoms with E-state index in [1.54, 1.807) is 0 Å². The average molecular weight is 460 g/mol. The number of ether oxygens (including phenoxy) is 2. The second-order valence-electron chi connectivity index (χ2n) is 4.82. The van der Waals surface area contributed by atoms with E-state index in [-0.39, 0.29) is 0 Å². The second kappa shape index (κ2) is 6.87. The number of halogens is 2. The number of anilines is 1. The lowest BCUT2D eigenvalue weighted by Gasteiger charge is -2.13. The van der Waals surface area contributed by atoms with Gasteiger partial charge in [0.05, 0.1) is 17.7 Å². The molecule has 0 radical (unpaired) electrons. The number of hydrogen-bond acceptors (Lipinski definition) is 3. The zero-order chi connectivity index (χ0) is 14.7. The third kappa shape index (κ3) is 3.83. The average Bonchev–Trinajstić information content (AvgIpc) is 2.71. The molecule has 0 bridgehead atoms. The Bertz CT molecular complexity index is 648. The van der Waals surface area contributed by atoms with Gasteiger partial charge in [-0.1, -0.05) is 6.07 Å². The molecule has 0 atom stereocenters. The van der Waals surface area contributed by atoms with E-state index in [9.17, 15) is 0 Å². The van der Waals surface area contributed by atoms with Crippen molar-refractivity contribution >= 4 is 44.2 Å². The summed E-state index contributed by atoms with van der Waals surface area (Å²) in [6.07, 6.45) is 0.914. The van der Waals surface area contributed by atoms with Gasteiger partial charge in [-0.3, -0.25) is 0 Å². The minimum atomic E-state index is 0.700. The Morgan fingerprint density at radius 3 is 2.86 bits per heavy atom. The molecule has 0 aliphatic carbocycles. The summed E-state index contributed by atoms with van der Waals surface area (Å²) in [6.45, 7) is 2.15. The Balaban J connectivity index is 1.77. The highest BCUT2D eigenvalue weighted by atomic mass is 127. The molecule has 1 heterocycles. The van der Waals surface area contributed by atoms with E-state index >= 15 is 0 Å². The summed E-state index contributed by atoms with van der Waals surface area (Å²) in [5, 5.41) is 3.43. The zero-order valence-electron chi connectivity index (χ0n) is 11.4. The highest BCUT2D eigenvalue weighted by Crippen LogP contribution is 2.38. The molecular weight excluding hydrogens is 445 g/mol. The third-order valence-electron chi connectivity index (χ3n) is 3.18. The Morgan fingerprint density at radius 2 is 2.00 bits per heavy atom. The van der Waals surface area contributed by atoms with E-state index in [2.05, 4.69) is 68.1 Å². The van der Waals surface area contributed by atoms with Crippen molar-refractivity contribution in [3.05, 3.63) is 50.0 Å². The summed E-state index contributed by atoms with van der Waals surface area (Å²) in [5.74, 6) is 1.63. The molecule has 1 N–H and O–H groups in total. The molecule has 0 saturated carbocycles. The fourth-order valence-corrected chi connectivity index (χ4v) is 3.34. The van der Waals surface area contributed by atoms with Gasteiger partial charge in [0, 0.05) is 22.2 Å². The molecule has 2 aromatic rings. The molecule has 5 heteroatoms. The van der Waals surface area contributed by atoms with Gasteiger partial charge in [-0.2, -0.15) is 0 Å². The minimum Gasteiger partial charge on any atom is -0.490 e. The highest BCUT2D eigenvalue weighted by molar-refractivity contribution is 14.1. The third-order valence-corrected chi connectivity index (χ3v) is 4.44. The normalized spacial score (nSPS) is 13.6. The van der Waals surface area contributed by atoms with Crippen molar-refractivity contribution in [2.75, 3.05) is 18.5 Å². The van der Waals surface area contributed by atoms with E-state index in [4.69, 9.17) is 9.47 Å². The second-order valence-corrected chi connectivity index (χ2v) is 6.92. The molecule has 0 amide bonds. The standard InChI is InChI=1S/C16H15BrINO2/c17-14-7-11(8-15-16(14)21-6-2-5-20-15)10-19-13-4-1-3-12(18)9-13/h1,3-4,7-9,19H,2,5-6,10H2. The molecular formula is C16H15BrINO2. The largest absolute Gasteiger partial charge is 0.490 e. The zero-order valence-corrected chi connectivity index (χ0v) is 15.1. The fraction of sp³-hybridized carbons (Fsp3) is 0.250. The first-order valence-electron chi connectivity index (χ1n) is 6.80. The van der Waals surface area contributed by atoms with Crippen LogP contribution in [0.3, 0.4) is 0 Å². The van der Waals surface area contributed by atoms with Gasteiger partial charge in [0.25, 0.3) is 0 Å². The summed E-state index contributed by atoms with van der Waals surface area (Å²) in [4.78, 5) is 0. The van der Waals surface area contributed by atoms with E-state index in [0.29, 0.717) is 13.2 Å². The lowest BCUT2D eigenvalue weighted by atomic mass is 10.2. The number of hydrogen-bond donors (Lipinski definition) is 1. The van der Waals surface area contributed by atoms with Crippen LogP contribution in [0.2, 0.25) is 0 Å². The van der Waals surface area contributed by atoms with Crippen LogP contribution in [0.1, 0.15) is 12.0 Å². The highest BCUT2D eigenvalue weighted by Gasteiger charge is 2.15. The molecule has 110 valence electrons. The van der Waals surface area contributed by atoms with Crippen molar-refractivity contribution in [1.82, 2.24) is 0 Å². The summed E-state index contributed by atoms with van der Waals surface area (Å²) in [6, 6.07) is 12.4. The lowest BCUT2D eigenvalue weighted by molar-refractivity contribution is 0.296. The Morgan fingerprint density at radius 1 is 1.14 bits per heavy atom. The van der Waals surface area contributed by atoms with Gasteiger partial charge in [-0.05, 0) is 74.4 Å². The Labute approximate surface area is 146 Å². The number of nitrogens with one attached hydrogen (secondary N) is 1. The van der Waals surface area contributed by atoms with Crippen LogP contribution >= 0.6 is 38.5 Å². The molecule has 0 unspecified atom stereocenters. The van der Waals surface area contributed by atoms with Crippen LogP contribution in [0.15, 0.2) is 40.9 Å². The van der Waals surface area contributed by atoms with Gasteiger partial charge >= 0.3 is 0 Å². The Hall–Kier alpha value is -0.950. The van der Waals surface area contributed by atoms with Crippen molar-refractivity contribution in [3.63, 3.8) is 0 Å². The smallest absolute Gasteiger partial charge is 0.175 e. The monoisotopic (exact) mass is 459 g/mol. The SMILES string of the molecule is Brc1cc(CNc2cccc(I)c2)cc2c1OCCCO2. The van der Waals surface area contributed by atoms with Crippen LogP contribution in [0.4, 0.5) is 5.69 Å². The van der Waals surface area contributed by atoms with Crippen molar-refractivity contribution in [2.45, 2.75) is 13.0 Å². The van der Waals surface area contributed by atoms with Gasteiger partial charge in [0.1, 0.15) is 0 Å². The van der Waals surface area contributed by atoms with Crippen LogP contribution in [-0.2, 0) is 6.54 Å². The molecule has 3 nitrogen and oxygen atoms in total. The van der Waals surface area contributed by atoms with E-state index in [1.165, 1.54) is 3.57 Å². The maximum absolute atomic E-state index is 5.76. The van der Waals surface area contributed by atoms with Gasteiger partial charge in [-0.15, -0.1) is 0 Å². The topological polar surface area (TPSA) is 30.5 Å². The maximum atomic E-state index is 5.76. The van der Waals surface area contributed by atoms with Crippen molar-refractivity contribution in [1.29, 1.82) is 0 Å². The molecule has 0 saturated heterocycles. The van der Waals surface area contributed by atoms with Gasteiger partial charge in [0.15, 0.2) is 11.5 Å². The molecule has 1 aliphatic rings. The number of rotatable bonds is 3. The number of fused-ring (bicyclic) bond motifs is 1. The van der Waals surface area contributed by atoms with Gasteiger partial charge in [-0.25, -0.2) is 0 Å². The van der Waals surface area contributed by atoms with E-state index < -0.39 is 0 Å². The maximum Gasteiger partial charge on any atom is 0.175 e. The Kier molecular flexibility index (Phi) is 4.90. The molecule has 0 spiro atoms. The first-order valence-corrected chi connectivity index (χ1v) is 8.67. The molecule has 3 rings (SSSR count). The van der Waals surface area contributed by atoms with Crippen LogP contribution in [-0.4, -0.2) is 13.2 Å². The quantitative estimate of drug-likeness (QED) is 0.667. The minimum absolute atomic E-state index is 0.700. The summed E-state index contributed by atoms with van der Waals surface area (Å²) >= 11 is 5.89. The van der Waals surface area contributed by atoms with Crippen LogP contribution in [0.5, 0.6) is 11.5 Å². The van der Waals surface area contributed by atoms with Gasteiger partial charge in [0.2, 0.25) is 0 Å². The van der Waals surface area contributed by atoms with E-state index in [0.717, 1.165) is 40.2 Å². The first kappa shape index (κ1) is 15.0. The lowest BCUT2D eigenvalue weighted by Crippen LogP contribution is -2.01. The molecule has 0 aromatic heterocycles. The summed E-state index contributed by atoms with van der Waals surface area (Å²) < 4.78 is 13.6. The van der Waals surface area contributed by atoms with Gasteiger partial charge < -0.3 is 14.8 Å². The van der Waals surface area contributed by atoms with Crippen LogP contribution in [0.25, 0.3) is 0 Å².